The molecule has 0 aromatic carbocycles. The summed E-state index contributed by atoms with van der Waals surface area (Å²) in [5.74, 6) is 0.994. The van der Waals surface area contributed by atoms with Gasteiger partial charge in [0.05, 0.1) is 25.2 Å². The number of halogens is 4. The molecule has 0 amide bonds. The molecular weight excluding hydrogens is 345 g/mol. The van der Waals surface area contributed by atoms with E-state index in [4.69, 9.17) is 60.0 Å². The second-order valence-electron chi connectivity index (χ2n) is 3.25. The van der Waals surface area contributed by atoms with Gasteiger partial charge in [0.15, 0.2) is 0 Å². The lowest BCUT2D eigenvalue weighted by Gasteiger charge is -2.18. The molecule has 1 atom stereocenters. The molecule has 0 N–H and O–H groups in total. The Labute approximate surface area is 128 Å². The van der Waals surface area contributed by atoms with Crippen LogP contribution in [0.1, 0.15) is 12.8 Å². The second kappa shape index (κ2) is 12.0. The Balaban J connectivity index is 4.16. The predicted molar refractivity (Wildman–Crippen MR) is 76.5 cm³/mol. The predicted octanol–water partition coefficient (Wildman–Crippen LogP) is 4.25. The third-order valence-electron chi connectivity index (χ3n) is 1.64. The van der Waals surface area contributed by atoms with Gasteiger partial charge in [0.25, 0.3) is 0 Å². The molecule has 18 heavy (non-hydrogen) atoms. The van der Waals surface area contributed by atoms with Gasteiger partial charge in [-0.3, -0.25) is 13.6 Å². The van der Waals surface area contributed by atoms with Crippen molar-refractivity contribution in [3.63, 3.8) is 0 Å². The molecule has 1 unspecified atom stereocenters. The SMILES string of the molecule is O=P(OCCCCl)(OCCCCl)OCC(Cl)CCl. The largest absolute Gasteiger partial charge is 0.474 e. The number of rotatable bonds is 12. The monoisotopic (exact) mass is 360 g/mol. The summed E-state index contributed by atoms with van der Waals surface area (Å²) in [6, 6.07) is 0. The molecule has 4 nitrogen and oxygen atoms in total. The first-order valence-corrected chi connectivity index (χ1v) is 8.93. The van der Waals surface area contributed by atoms with Gasteiger partial charge in [-0.25, -0.2) is 4.57 Å². The van der Waals surface area contributed by atoms with Crippen LogP contribution in [0, 0.1) is 0 Å². The maximum Gasteiger partial charge on any atom is 0.474 e. The van der Waals surface area contributed by atoms with E-state index in [0.717, 1.165) is 0 Å². The maximum atomic E-state index is 12.1. The fourth-order valence-corrected chi connectivity index (χ4v) is 2.54. The van der Waals surface area contributed by atoms with E-state index in [1.54, 1.807) is 0 Å². The second-order valence-corrected chi connectivity index (χ2v) is 6.60. The summed E-state index contributed by atoms with van der Waals surface area (Å²) < 4.78 is 27.4. The van der Waals surface area contributed by atoms with Gasteiger partial charge in [-0.05, 0) is 12.8 Å². The zero-order chi connectivity index (χ0) is 13.9. The zero-order valence-corrected chi connectivity index (χ0v) is 13.7. The lowest BCUT2D eigenvalue weighted by atomic mass is 10.5. The minimum atomic E-state index is -3.61. The van der Waals surface area contributed by atoms with Crippen LogP contribution < -0.4 is 0 Å². The first-order chi connectivity index (χ1) is 8.58. The van der Waals surface area contributed by atoms with Crippen LogP contribution >= 0.6 is 54.2 Å². The van der Waals surface area contributed by atoms with Crippen molar-refractivity contribution >= 4 is 54.2 Å². The molecule has 0 aliphatic carbocycles. The molecule has 0 saturated carbocycles. The Morgan fingerprint density at radius 3 is 1.83 bits per heavy atom. The number of hydrogen-bond donors (Lipinski definition) is 0. The van der Waals surface area contributed by atoms with Crippen molar-refractivity contribution in [3.05, 3.63) is 0 Å². The van der Waals surface area contributed by atoms with Gasteiger partial charge in [0.2, 0.25) is 0 Å². The average Bonchev–Trinajstić information content (AvgIpc) is 2.37. The number of phosphoric acid groups is 1. The van der Waals surface area contributed by atoms with Crippen molar-refractivity contribution in [1.82, 2.24) is 0 Å². The van der Waals surface area contributed by atoms with E-state index in [-0.39, 0.29) is 25.7 Å². The Morgan fingerprint density at radius 2 is 1.44 bits per heavy atom. The Morgan fingerprint density at radius 1 is 0.944 bits per heavy atom. The van der Waals surface area contributed by atoms with Crippen LogP contribution in [0.5, 0.6) is 0 Å². The fourth-order valence-electron chi connectivity index (χ4n) is 0.790. The molecule has 0 aromatic rings. The van der Waals surface area contributed by atoms with Crippen molar-refractivity contribution < 1.29 is 18.1 Å². The molecule has 0 rings (SSSR count). The van der Waals surface area contributed by atoms with Crippen molar-refractivity contribution in [1.29, 1.82) is 0 Å². The molecule has 9 heteroatoms. The molecule has 110 valence electrons. The van der Waals surface area contributed by atoms with Crippen molar-refractivity contribution in [2.45, 2.75) is 18.2 Å². The first-order valence-electron chi connectivity index (χ1n) is 5.43. The van der Waals surface area contributed by atoms with Gasteiger partial charge < -0.3 is 0 Å². The van der Waals surface area contributed by atoms with Gasteiger partial charge in [-0.2, -0.15) is 0 Å². The van der Waals surface area contributed by atoms with Crippen LogP contribution in [0.2, 0.25) is 0 Å². The summed E-state index contributed by atoms with van der Waals surface area (Å²) >= 11 is 22.3. The van der Waals surface area contributed by atoms with Crippen LogP contribution in [0.25, 0.3) is 0 Å². The zero-order valence-electron chi connectivity index (χ0n) is 9.83. The molecule has 0 aliphatic heterocycles. The molecule has 0 radical (unpaired) electrons. The van der Waals surface area contributed by atoms with E-state index < -0.39 is 13.2 Å². The Hall–Kier alpha value is 1.27. The molecular formula is C9H17Cl4O4P. The minimum Gasteiger partial charge on any atom is -0.287 e. The van der Waals surface area contributed by atoms with Gasteiger partial charge in [-0.15, -0.1) is 46.4 Å². The number of phosphoric ester groups is 1. The fraction of sp³-hybridized carbons (Fsp3) is 1.00. The average molecular weight is 362 g/mol. The van der Waals surface area contributed by atoms with E-state index in [9.17, 15) is 4.57 Å². The molecule has 0 saturated heterocycles. The molecule has 0 bridgehead atoms. The van der Waals surface area contributed by atoms with Crippen LogP contribution in [0.4, 0.5) is 0 Å². The summed E-state index contributed by atoms with van der Waals surface area (Å²) in [5, 5.41) is -0.451. The lowest BCUT2D eigenvalue weighted by molar-refractivity contribution is 0.114. The molecule has 0 aromatic heterocycles. The van der Waals surface area contributed by atoms with Crippen LogP contribution in [-0.4, -0.2) is 42.8 Å². The lowest BCUT2D eigenvalue weighted by Crippen LogP contribution is -2.12. The molecule has 0 fully saturated rings. The third-order valence-corrected chi connectivity index (χ3v) is 4.44. The van der Waals surface area contributed by atoms with E-state index in [0.29, 0.717) is 24.6 Å². The summed E-state index contributed by atoms with van der Waals surface area (Å²) in [4.78, 5) is 0. The van der Waals surface area contributed by atoms with Crippen LogP contribution in [0.3, 0.4) is 0 Å². The third kappa shape index (κ3) is 10.1. The molecule has 0 spiro atoms. The Bertz CT molecular complexity index is 231. The summed E-state index contributed by atoms with van der Waals surface area (Å²) in [7, 11) is -3.61. The molecule has 0 aliphatic rings. The van der Waals surface area contributed by atoms with Gasteiger partial charge in [-0.1, -0.05) is 0 Å². The van der Waals surface area contributed by atoms with Gasteiger partial charge in [0.1, 0.15) is 0 Å². The summed E-state index contributed by atoms with van der Waals surface area (Å²) in [6.45, 7) is 0.370. The van der Waals surface area contributed by atoms with E-state index >= 15 is 0 Å². The number of hydrogen-bond acceptors (Lipinski definition) is 4. The topological polar surface area (TPSA) is 44.8 Å². The van der Waals surface area contributed by atoms with Crippen molar-refractivity contribution in [2.24, 2.45) is 0 Å². The van der Waals surface area contributed by atoms with Gasteiger partial charge >= 0.3 is 7.82 Å². The van der Waals surface area contributed by atoms with E-state index in [1.165, 1.54) is 0 Å². The Kier molecular flexibility index (Phi) is 12.9. The van der Waals surface area contributed by atoms with Crippen LogP contribution in [-0.2, 0) is 18.1 Å². The highest BCUT2D eigenvalue weighted by Crippen LogP contribution is 2.49. The van der Waals surface area contributed by atoms with Gasteiger partial charge in [0, 0.05) is 17.6 Å². The number of alkyl halides is 4. The normalized spacial score (nSPS) is 13.8. The highest BCUT2D eigenvalue weighted by atomic mass is 35.5. The standard InChI is InChI=1S/C9H17Cl4O4P/c10-3-1-5-15-18(14,16-6-2-4-11)17-8-9(13)7-12/h9H,1-8H2. The molecule has 0 heterocycles. The smallest absolute Gasteiger partial charge is 0.287 e. The van der Waals surface area contributed by atoms with Crippen molar-refractivity contribution in [2.75, 3.05) is 37.5 Å². The minimum absolute atomic E-state index is 0.00984. The first kappa shape index (κ1) is 19.3. The summed E-state index contributed by atoms with van der Waals surface area (Å²) in [6.07, 6.45) is 1.10. The van der Waals surface area contributed by atoms with E-state index in [1.807, 2.05) is 0 Å². The quantitative estimate of drug-likeness (QED) is 0.296. The highest BCUT2D eigenvalue weighted by Gasteiger charge is 2.27. The van der Waals surface area contributed by atoms with E-state index in [2.05, 4.69) is 0 Å². The maximum absolute atomic E-state index is 12.1. The van der Waals surface area contributed by atoms with Crippen molar-refractivity contribution in [3.8, 4) is 0 Å². The van der Waals surface area contributed by atoms with Crippen LogP contribution in [0.15, 0.2) is 0 Å². The summed E-state index contributed by atoms with van der Waals surface area (Å²) in [5.41, 5.74) is 0. The highest BCUT2D eigenvalue weighted by molar-refractivity contribution is 7.48.